The molecule has 7 nitrogen and oxygen atoms in total. The first kappa shape index (κ1) is 23.3. The normalized spacial score (nSPS) is 14.0. The van der Waals surface area contributed by atoms with Crippen molar-refractivity contribution in [2.24, 2.45) is 5.92 Å². The summed E-state index contributed by atoms with van der Waals surface area (Å²) in [5.74, 6) is 1.03. The van der Waals surface area contributed by atoms with Crippen molar-refractivity contribution in [2.75, 3.05) is 26.7 Å². The van der Waals surface area contributed by atoms with Gasteiger partial charge in [0.15, 0.2) is 0 Å². The van der Waals surface area contributed by atoms with E-state index in [1.807, 2.05) is 29.2 Å². The van der Waals surface area contributed by atoms with Crippen molar-refractivity contribution < 1.29 is 23.9 Å². The lowest BCUT2D eigenvalue weighted by molar-refractivity contribution is -0.133. The summed E-state index contributed by atoms with van der Waals surface area (Å²) >= 11 is 0. The van der Waals surface area contributed by atoms with Gasteiger partial charge in [0.2, 0.25) is 5.91 Å². The molecule has 1 aliphatic heterocycles. The monoisotopic (exact) mass is 438 g/mol. The van der Waals surface area contributed by atoms with Gasteiger partial charge in [-0.3, -0.25) is 14.4 Å². The zero-order chi connectivity index (χ0) is 22.9. The third-order valence-electron chi connectivity index (χ3n) is 5.64. The minimum Gasteiger partial charge on any atom is -0.497 e. The van der Waals surface area contributed by atoms with E-state index in [2.05, 4.69) is 5.32 Å². The third kappa shape index (κ3) is 6.83. The van der Waals surface area contributed by atoms with Gasteiger partial charge in [0.25, 0.3) is 5.91 Å². The number of nitrogens with zero attached hydrogens (tertiary/aromatic N) is 1. The highest BCUT2D eigenvalue weighted by atomic mass is 16.5. The minimum atomic E-state index is -0.424. The van der Waals surface area contributed by atoms with Crippen molar-refractivity contribution in [1.82, 2.24) is 10.2 Å². The molecule has 0 unspecified atom stereocenters. The van der Waals surface area contributed by atoms with Crippen LogP contribution in [-0.4, -0.2) is 49.4 Å². The van der Waals surface area contributed by atoms with Crippen molar-refractivity contribution in [3.05, 3.63) is 59.7 Å². The van der Waals surface area contributed by atoms with E-state index < -0.39 is 5.97 Å². The maximum Gasteiger partial charge on any atom is 0.308 e. The molecule has 1 heterocycles. The van der Waals surface area contributed by atoms with E-state index in [9.17, 15) is 14.4 Å². The highest BCUT2D eigenvalue weighted by molar-refractivity contribution is 5.94. The minimum absolute atomic E-state index is 0.164. The molecule has 1 saturated heterocycles. The van der Waals surface area contributed by atoms with Crippen LogP contribution in [0.25, 0.3) is 0 Å². The Balaban J connectivity index is 1.40. The van der Waals surface area contributed by atoms with Crippen LogP contribution in [0.1, 0.15) is 42.1 Å². The van der Waals surface area contributed by atoms with Crippen molar-refractivity contribution in [3.63, 3.8) is 0 Å². The highest BCUT2D eigenvalue weighted by Crippen LogP contribution is 2.19. The Hall–Kier alpha value is -3.35. The van der Waals surface area contributed by atoms with E-state index in [1.165, 1.54) is 6.92 Å². The number of carbonyl (C=O) groups is 3. The highest BCUT2D eigenvalue weighted by Gasteiger charge is 2.23. The number of amides is 2. The fraction of sp³-hybridized carbons (Fsp3) is 0.400. The van der Waals surface area contributed by atoms with Gasteiger partial charge in [-0.2, -0.15) is 0 Å². The molecule has 0 saturated carbocycles. The van der Waals surface area contributed by atoms with E-state index in [0.29, 0.717) is 49.7 Å². The van der Waals surface area contributed by atoms with Gasteiger partial charge in [-0.15, -0.1) is 0 Å². The lowest BCUT2D eigenvalue weighted by atomic mass is 9.96. The molecule has 32 heavy (non-hydrogen) atoms. The summed E-state index contributed by atoms with van der Waals surface area (Å²) in [7, 11) is 1.64. The lowest BCUT2D eigenvalue weighted by Crippen LogP contribution is -2.41. The molecule has 0 aromatic heterocycles. The molecule has 0 atom stereocenters. The van der Waals surface area contributed by atoms with Gasteiger partial charge >= 0.3 is 5.97 Å². The fourth-order valence-electron chi connectivity index (χ4n) is 3.83. The van der Waals surface area contributed by atoms with Gasteiger partial charge in [0.1, 0.15) is 11.5 Å². The molecule has 7 heteroatoms. The number of hydrogen-bond acceptors (Lipinski definition) is 5. The van der Waals surface area contributed by atoms with Crippen LogP contribution in [0, 0.1) is 5.92 Å². The van der Waals surface area contributed by atoms with Crippen LogP contribution in [-0.2, 0) is 16.0 Å². The smallest absolute Gasteiger partial charge is 0.308 e. The van der Waals surface area contributed by atoms with E-state index in [-0.39, 0.29) is 11.8 Å². The zero-order valence-corrected chi connectivity index (χ0v) is 18.6. The number of ether oxygens (including phenoxy) is 2. The Kier molecular flexibility index (Phi) is 8.25. The maximum absolute atomic E-state index is 12.6. The molecule has 3 rings (SSSR count). The molecule has 1 fully saturated rings. The summed E-state index contributed by atoms with van der Waals surface area (Å²) in [6, 6.07) is 14.4. The van der Waals surface area contributed by atoms with Gasteiger partial charge < -0.3 is 19.7 Å². The summed E-state index contributed by atoms with van der Waals surface area (Å²) in [4.78, 5) is 38.0. The quantitative estimate of drug-likeness (QED) is 0.505. The van der Waals surface area contributed by atoms with Crippen LogP contribution >= 0.6 is 0 Å². The Morgan fingerprint density at radius 3 is 2.47 bits per heavy atom. The molecule has 2 amide bonds. The summed E-state index contributed by atoms with van der Waals surface area (Å²) in [5.41, 5.74) is 1.54. The standard InChI is InChI=1S/C25H30N2O5/c1-18(28)32-23-8-4-6-21(16-23)25(30)26-17-20-11-13-27(14-12-20)24(29)10-9-19-5-3-7-22(15-19)31-2/h3-8,15-16,20H,9-14,17H2,1-2H3,(H,26,30). The van der Waals surface area contributed by atoms with Crippen LogP contribution in [0.3, 0.4) is 0 Å². The molecule has 0 bridgehead atoms. The van der Waals surface area contributed by atoms with Gasteiger partial charge in [-0.1, -0.05) is 18.2 Å². The number of carbonyl (C=O) groups excluding carboxylic acids is 3. The second-order valence-electron chi connectivity index (χ2n) is 8.01. The van der Waals surface area contributed by atoms with Crippen molar-refractivity contribution in [3.8, 4) is 11.5 Å². The van der Waals surface area contributed by atoms with Gasteiger partial charge in [0, 0.05) is 38.5 Å². The number of benzene rings is 2. The maximum atomic E-state index is 12.6. The van der Waals surface area contributed by atoms with Crippen LogP contribution < -0.4 is 14.8 Å². The molecule has 2 aromatic rings. The Morgan fingerprint density at radius 2 is 1.75 bits per heavy atom. The van der Waals surface area contributed by atoms with Gasteiger partial charge in [0.05, 0.1) is 7.11 Å². The number of piperidine rings is 1. The fourth-order valence-corrected chi connectivity index (χ4v) is 3.83. The lowest BCUT2D eigenvalue weighted by Gasteiger charge is -2.32. The summed E-state index contributed by atoms with van der Waals surface area (Å²) in [6.07, 6.45) is 2.89. The number of nitrogens with one attached hydrogen (secondary N) is 1. The molecule has 1 N–H and O–H groups in total. The molecule has 0 spiro atoms. The Labute approximate surface area is 188 Å². The van der Waals surface area contributed by atoms with E-state index in [1.54, 1.807) is 31.4 Å². The predicted molar refractivity (Wildman–Crippen MR) is 121 cm³/mol. The van der Waals surface area contributed by atoms with Crippen LogP contribution in [0.2, 0.25) is 0 Å². The molecule has 0 aliphatic carbocycles. The van der Waals surface area contributed by atoms with Crippen LogP contribution in [0.4, 0.5) is 0 Å². The van der Waals surface area contributed by atoms with Crippen molar-refractivity contribution >= 4 is 17.8 Å². The zero-order valence-electron chi connectivity index (χ0n) is 18.6. The number of likely N-dealkylation sites (tertiary alicyclic amines) is 1. The number of methoxy groups -OCH3 is 1. The summed E-state index contributed by atoms with van der Waals surface area (Å²) in [5, 5.41) is 2.96. The summed E-state index contributed by atoms with van der Waals surface area (Å²) in [6.45, 7) is 3.30. The van der Waals surface area contributed by atoms with E-state index in [0.717, 1.165) is 24.2 Å². The van der Waals surface area contributed by atoms with Crippen molar-refractivity contribution in [1.29, 1.82) is 0 Å². The molecule has 1 aliphatic rings. The third-order valence-corrected chi connectivity index (χ3v) is 5.64. The molecule has 170 valence electrons. The van der Waals surface area contributed by atoms with Gasteiger partial charge in [-0.25, -0.2) is 0 Å². The molecule has 0 radical (unpaired) electrons. The molecule has 2 aromatic carbocycles. The number of esters is 1. The van der Waals surface area contributed by atoms with Crippen LogP contribution in [0.15, 0.2) is 48.5 Å². The average Bonchev–Trinajstić information content (AvgIpc) is 2.81. The SMILES string of the molecule is COc1cccc(CCC(=O)N2CCC(CNC(=O)c3cccc(OC(C)=O)c3)CC2)c1. The number of hydrogen-bond donors (Lipinski definition) is 1. The second kappa shape index (κ2) is 11.3. The second-order valence-corrected chi connectivity index (χ2v) is 8.01. The topological polar surface area (TPSA) is 84.9 Å². The Bertz CT molecular complexity index is 951. The molecular formula is C25H30N2O5. The number of rotatable bonds is 8. The first-order valence-electron chi connectivity index (χ1n) is 10.9. The predicted octanol–water partition coefficient (Wildman–Crippen LogP) is 3.22. The van der Waals surface area contributed by atoms with Gasteiger partial charge in [-0.05, 0) is 61.1 Å². The largest absolute Gasteiger partial charge is 0.497 e. The first-order valence-corrected chi connectivity index (χ1v) is 10.9. The average molecular weight is 439 g/mol. The van der Waals surface area contributed by atoms with E-state index in [4.69, 9.17) is 9.47 Å². The first-order chi connectivity index (χ1) is 15.4. The summed E-state index contributed by atoms with van der Waals surface area (Å²) < 4.78 is 10.3. The van der Waals surface area contributed by atoms with E-state index >= 15 is 0 Å². The van der Waals surface area contributed by atoms with Crippen molar-refractivity contribution in [2.45, 2.75) is 32.6 Å². The molecular weight excluding hydrogens is 408 g/mol. The number of aryl methyl sites for hydroxylation is 1. The Morgan fingerprint density at radius 1 is 1.03 bits per heavy atom. The van der Waals surface area contributed by atoms with Crippen LogP contribution in [0.5, 0.6) is 11.5 Å².